The molecule has 1 aliphatic carbocycles. The summed E-state index contributed by atoms with van der Waals surface area (Å²) >= 11 is 0. The molecule has 2 nitrogen and oxygen atoms in total. The van der Waals surface area contributed by atoms with E-state index in [1.807, 2.05) is 12.4 Å². The van der Waals surface area contributed by atoms with Crippen LogP contribution >= 0.6 is 0 Å². The molecule has 1 N–H and O–H groups in total. The van der Waals surface area contributed by atoms with E-state index in [2.05, 4.69) is 34.6 Å². The third-order valence-electron chi connectivity index (χ3n) is 4.02. The fourth-order valence-electron chi connectivity index (χ4n) is 2.63. The van der Waals surface area contributed by atoms with E-state index in [9.17, 15) is 0 Å². The second-order valence-electron chi connectivity index (χ2n) is 5.28. The smallest absolute Gasteiger partial charge is 0.0346 e. The van der Waals surface area contributed by atoms with E-state index in [0.29, 0.717) is 0 Å². The Kier molecular flexibility index (Phi) is 3.56. The van der Waals surface area contributed by atoms with Gasteiger partial charge < -0.3 is 5.32 Å². The summed E-state index contributed by atoms with van der Waals surface area (Å²) in [5, 5.41) is 6.11. The largest absolute Gasteiger partial charge is 0.313 e. The lowest BCUT2D eigenvalue weighted by atomic mass is 9.83. The average molecular weight is 240 g/mol. The summed E-state index contributed by atoms with van der Waals surface area (Å²) in [4.78, 5) is 4.31. The van der Waals surface area contributed by atoms with Gasteiger partial charge in [-0.2, -0.15) is 0 Å². The van der Waals surface area contributed by atoms with Crippen molar-refractivity contribution in [1.29, 1.82) is 0 Å². The molecule has 0 bridgehead atoms. The van der Waals surface area contributed by atoms with Gasteiger partial charge in [0.15, 0.2) is 0 Å². The molecule has 0 aliphatic heterocycles. The van der Waals surface area contributed by atoms with E-state index < -0.39 is 0 Å². The van der Waals surface area contributed by atoms with Gasteiger partial charge >= 0.3 is 0 Å². The van der Waals surface area contributed by atoms with Crippen molar-refractivity contribution in [3.63, 3.8) is 0 Å². The van der Waals surface area contributed by atoms with Crippen molar-refractivity contribution in [3.05, 3.63) is 42.2 Å². The molecule has 18 heavy (non-hydrogen) atoms. The minimum Gasteiger partial charge on any atom is -0.313 e. The Morgan fingerprint density at radius 2 is 2.06 bits per heavy atom. The van der Waals surface area contributed by atoms with Crippen molar-refractivity contribution in [3.8, 4) is 0 Å². The predicted molar refractivity (Wildman–Crippen MR) is 75.4 cm³/mol. The maximum Gasteiger partial charge on any atom is 0.0346 e. The third-order valence-corrected chi connectivity index (χ3v) is 4.02. The molecule has 3 rings (SSSR count). The normalized spacial score (nSPS) is 15.8. The highest BCUT2D eigenvalue weighted by molar-refractivity contribution is 5.84. The van der Waals surface area contributed by atoms with Crippen LogP contribution in [0.15, 0.2) is 36.7 Å². The van der Waals surface area contributed by atoms with E-state index in [1.165, 1.54) is 42.0 Å². The fourth-order valence-corrected chi connectivity index (χ4v) is 2.63. The minimum absolute atomic E-state index is 0.932. The first-order valence-electron chi connectivity index (χ1n) is 6.96. The zero-order valence-corrected chi connectivity index (χ0v) is 10.7. The van der Waals surface area contributed by atoms with E-state index in [4.69, 9.17) is 0 Å². The second kappa shape index (κ2) is 5.49. The number of aromatic nitrogens is 1. The summed E-state index contributed by atoms with van der Waals surface area (Å²) in [5.41, 5.74) is 1.31. The molecule has 1 heterocycles. The van der Waals surface area contributed by atoms with Crippen LogP contribution in [0.5, 0.6) is 0 Å². The Morgan fingerprint density at radius 3 is 2.89 bits per heavy atom. The summed E-state index contributed by atoms with van der Waals surface area (Å²) < 4.78 is 0. The molecule has 1 aromatic heterocycles. The lowest BCUT2D eigenvalue weighted by Crippen LogP contribution is -2.21. The predicted octanol–water partition coefficient (Wildman–Crippen LogP) is 3.51. The van der Waals surface area contributed by atoms with Crippen molar-refractivity contribution in [2.45, 2.75) is 32.2 Å². The van der Waals surface area contributed by atoms with Crippen LogP contribution in [0.1, 0.15) is 31.2 Å². The summed E-state index contributed by atoms with van der Waals surface area (Å²) in [5.74, 6) is 0.989. The lowest BCUT2D eigenvalue weighted by Gasteiger charge is -2.25. The maximum atomic E-state index is 4.31. The number of hydrogen-bond donors (Lipinski definition) is 1. The van der Waals surface area contributed by atoms with Gasteiger partial charge in [0.25, 0.3) is 0 Å². The van der Waals surface area contributed by atoms with Crippen LogP contribution in [0.4, 0.5) is 0 Å². The number of pyridine rings is 1. The average Bonchev–Trinajstić information content (AvgIpc) is 2.36. The monoisotopic (exact) mass is 240 g/mol. The molecule has 1 aromatic carbocycles. The second-order valence-corrected chi connectivity index (χ2v) is 5.28. The molecular formula is C16H20N2. The molecule has 94 valence electrons. The summed E-state index contributed by atoms with van der Waals surface area (Å²) in [6, 6.07) is 8.47. The number of fused-ring (bicyclic) bond motifs is 1. The molecule has 2 aromatic rings. The highest BCUT2D eigenvalue weighted by Crippen LogP contribution is 2.28. The Hall–Kier alpha value is -1.41. The van der Waals surface area contributed by atoms with Gasteiger partial charge in [0, 0.05) is 24.3 Å². The van der Waals surface area contributed by atoms with Crippen molar-refractivity contribution in [2.24, 2.45) is 5.92 Å². The molecule has 0 unspecified atom stereocenters. The Balaban J connectivity index is 1.59. The van der Waals surface area contributed by atoms with E-state index >= 15 is 0 Å². The maximum absolute atomic E-state index is 4.31. The zero-order chi connectivity index (χ0) is 12.2. The van der Waals surface area contributed by atoms with Crippen molar-refractivity contribution < 1.29 is 0 Å². The van der Waals surface area contributed by atoms with Gasteiger partial charge in [-0.1, -0.05) is 43.5 Å². The van der Waals surface area contributed by atoms with Crippen LogP contribution in [0.25, 0.3) is 10.8 Å². The molecule has 0 amide bonds. The van der Waals surface area contributed by atoms with E-state index in [1.54, 1.807) is 0 Å². The minimum atomic E-state index is 0.932. The molecule has 1 saturated carbocycles. The van der Waals surface area contributed by atoms with Crippen LogP contribution in [0.3, 0.4) is 0 Å². The Labute approximate surface area is 108 Å². The first-order chi connectivity index (χ1) is 8.93. The molecule has 0 spiro atoms. The van der Waals surface area contributed by atoms with Gasteiger partial charge in [-0.15, -0.1) is 0 Å². The van der Waals surface area contributed by atoms with Gasteiger partial charge in [-0.25, -0.2) is 0 Å². The SMILES string of the molecule is c1ccc2c(CNCCC3CCC3)cncc2c1. The van der Waals surface area contributed by atoms with E-state index in [-0.39, 0.29) is 0 Å². The fraction of sp³-hybridized carbons (Fsp3) is 0.438. The van der Waals surface area contributed by atoms with Crippen LogP contribution < -0.4 is 5.32 Å². The molecule has 0 radical (unpaired) electrons. The Morgan fingerprint density at radius 1 is 1.17 bits per heavy atom. The van der Waals surface area contributed by atoms with Gasteiger partial charge in [0.2, 0.25) is 0 Å². The van der Waals surface area contributed by atoms with Gasteiger partial charge in [0.1, 0.15) is 0 Å². The molecule has 1 fully saturated rings. The first kappa shape index (κ1) is 11.7. The molecule has 0 atom stereocenters. The van der Waals surface area contributed by atoms with Crippen LogP contribution in [-0.4, -0.2) is 11.5 Å². The lowest BCUT2D eigenvalue weighted by molar-refractivity contribution is 0.292. The van der Waals surface area contributed by atoms with E-state index in [0.717, 1.165) is 19.0 Å². The molecule has 1 aliphatic rings. The van der Waals surface area contributed by atoms with Crippen molar-refractivity contribution in [2.75, 3.05) is 6.54 Å². The Bertz CT molecular complexity index is 512. The third kappa shape index (κ3) is 2.54. The first-order valence-corrected chi connectivity index (χ1v) is 6.96. The highest BCUT2D eigenvalue weighted by atomic mass is 14.9. The van der Waals surface area contributed by atoms with Crippen LogP contribution in [-0.2, 0) is 6.54 Å². The molecule has 2 heteroatoms. The standard InChI is InChI=1S/C16H20N2/c1-2-7-16-14(6-1)10-18-12-15(16)11-17-9-8-13-4-3-5-13/h1-2,6-7,10,12-13,17H,3-5,8-9,11H2. The molecular weight excluding hydrogens is 220 g/mol. The van der Waals surface area contributed by atoms with Crippen molar-refractivity contribution >= 4 is 10.8 Å². The number of nitrogens with one attached hydrogen (secondary N) is 1. The van der Waals surface area contributed by atoms with Crippen LogP contribution in [0, 0.1) is 5.92 Å². The summed E-state index contributed by atoms with van der Waals surface area (Å²) in [6.07, 6.45) is 9.58. The van der Waals surface area contributed by atoms with Gasteiger partial charge in [-0.3, -0.25) is 4.98 Å². The quantitative estimate of drug-likeness (QED) is 0.809. The highest BCUT2D eigenvalue weighted by Gasteiger charge is 2.16. The molecule has 0 saturated heterocycles. The zero-order valence-electron chi connectivity index (χ0n) is 10.7. The van der Waals surface area contributed by atoms with Gasteiger partial charge in [-0.05, 0) is 29.8 Å². The number of nitrogens with zero attached hydrogens (tertiary/aromatic N) is 1. The topological polar surface area (TPSA) is 24.9 Å². The van der Waals surface area contributed by atoms with Gasteiger partial charge in [0.05, 0.1) is 0 Å². The summed E-state index contributed by atoms with van der Waals surface area (Å²) in [7, 11) is 0. The van der Waals surface area contributed by atoms with Crippen molar-refractivity contribution in [1.82, 2.24) is 10.3 Å². The number of hydrogen-bond acceptors (Lipinski definition) is 2. The number of rotatable bonds is 5. The number of benzene rings is 1. The summed E-state index contributed by atoms with van der Waals surface area (Å²) in [6.45, 7) is 2.06. The van der Waals surface area contributed by atoms with Crippen LogP contribution in [0.2, 0.25) is 0 Å².